The van der Waals surface area contributed by atoms with E-state index in [1.807, 2.05) is 12.1 Å². The predicted molar refractivity (Wildman–Crippen MR) is 129 cm³/mol. The summed E-state index contributed by atoms with van der Waals surface area (Å²) in [5.74, 6) is -0.130. The van der Waals surface area contributed by atoms with E-state index in [2.05, 4.69) is 48.4 Å². The van der Waals surface area contributed by atoms with Crippen LogP contribution in [0.3, 0.4) is 0 Å². The van der Waals surface area contributed by atoms with Crippen molar-refractivity contribution in [2.45, 2.75) is 45.6 Å². The standard InChI is InChI=1S/C25H26N4O4S/c1-25(2,3)16-10-12-17(13-11-16)33-14-6-9-20(30)26-24-28-27-21(34-24)15-29-22(31)18-7-4-5-8-19(18)23(29)32/h4-5,7-8,10-13H,6,9,14-15H2,1-3H3,(H,26,28,30). The van der Waals surface area contributed by atoms with E-state index in [9.17, 15) is 14.4 Å². The number of nitrogens with zero attached hydrogens (tertiary/aromatic N) is 3. The molecule has 3 amide bonds. The van der Waals surface area contributed by atoms with Gasteiger partial charge >= 0.3 is 0 Å². The average Bonchev–Trinajstić information content (AvgIpc) is 3.34. The highest BCUT2D eigenvalue weighted by Crippen LogP contribution is 2.26. The van der Waals surface area contributed by atoms with Gasteiger partial charge in [-0.15, -0.1) is 10.2 Å². The van der Waals surface area contributed by atoms with Gasteiger partial charge in [0, 0.05) is 6.42 Å². The SMILES string of the molecule is CC(C)(C)c1ccc(OCCCC(=O)Nc2nnc(CN3C(=O)c4ccccc4C3=O)s2)cc1. The first-order valence-corrected chi connectivity index (χ1v) is 11.8. The Morgan fingerprint density at radius 2 is 1.65 bits per heavy atom. The van der Waals surface area contributed by atoms with Gasteiger partial charge in [0.2, 0.25) is 11.0 Å². The molecule has 2 heterocycles. The third-order valence-corrected chi connectivity index (χ3v) is 6.25. The summed E-state index contributed by atoms with van der Waals surface area (Å²) >= 11 is 1.14. The van der Waals surface area contributed by atoms with Crippen LogP contribution in [-0.4, -0.2) is 39.4 Å². The molecule has 0 bridgehead atoms. The number of carbonyl (C=O) groups excluding carboxylic acids is 3. The zero-order valence-corrected chi connectivity index (χ0v) is 20.1. The van der Waals surface area contributed by atoms with Gasteiger partial charge in [0.1, 0.15) is 10.8 Å². The Kier molecular flexibility index (Phi) is 6.74. The van der Waals surface area contributed by atoms with Gasteiger partial charge in [-0.25, -0.2) is 0 Å². The molecule has 1 aliphatic heterocycles. The van der Waals surface area contributed by atoms with Gasteiger partial charge in [-0.2, -0.15) is 0 Å². The van der Waals surface area contributed by atoms with Gasteiger partial charge in [0.05, 0.1) is 24.3 Å². The summed E-state index contributed by atoms with van der Waals surface area (Å²) in [5.41, 5.74) is 2.10. The Labute approximate surface area is 202 Å². The third kappa shape index (κ3) is 5.31. The summed E-state index contributed by atoms with van der Waals surface area (Å²) in [6, 6.07) is 14.7. The van der Waals surface area contributed by atoms with E-state index < -0.39 is 0 Å². The number of benzene rings is 2. The molecule has 176 valence electrons. The third-order valence-electron chi connectivity index (χ3n) is 5.42. The molecule has 1 aliphatic rings. The van der Waals surface area contributed by atoms with Crippen LogP contribution in [-0.2, 0) is 16.8 Å². The molecule has 0 radical (unpaired) electrons. The molecule has 0 saturated carbocycles. The molecular formula is C25H26N4O4S. The number of imide groups is 1. The Bertz CT molecular complexity index is 1180. The average molecular weight is 479 g/mol. The Hall–Kier alpha value is -3.59. The van der Waals surface area contributed by atoms with Crippen molar-refractivity contribution in [2.75, 3.05) is 11.9 Å². The molecule has 0 spiro atoms. The largest absolute Gasteiger partial charge is 0.494 e. The van der Waals surface area contributed by atoms with E-state index >= 15 is 0 Å². The number of ether oxygens (including phenoxy) is 1. The fourth-order valence-corrected chi connectivity index (χ4v) is 4.29. The van der Waals surface area contributed by atoms with E-state index in [0.29, 0.717) is 34.3 Å². The maximum atomic E-state index is 12.5. The molecular weight excluding hydrogens is 452 g/mol. The Morgan fingerprint density at radius 3 is 2.26 bits per heavy atom. The van der Waals surface area contributed by atoms with Crippen molar-refractivity contribution in [3.8, 4) is 5.75 Å². The molecule has 4 rings (SSSR count). The Morgan fingerprint density at radius 1 is 1.00 bits per heavy atom. The van der Waals surface area contributed by atoms with Gasteiger partial charge in [-0.05, 0) is 41.7 Å². The van der Waals surface area contributed by atoms with Crippen molar-refractivity contribution in [3.63, 3.8) is 0 Å². The highest BCUT2D eigenvalue weighted by atomic mass is 32.1. The lowest BCUT2D eigenvalue weighted by molar-refractivity contribution is -0.116. The zero-order valence-electron chi connectivity index (χ0n) is 19.3. The number of anilines is 1. The number of amides is 3. The van der Waals surface area contributed by atoms with Crippen molar-refractivity contribution < 1.29 is 19.1 Å². The van der Waals surface area contributed by atoms with Crippen LogP contribution >= 0.6 is 11.3 Å². The number of nitrogens with one attached hydrogen (secondary N) is 1. The minimum absolute atomic E-state index is 0.0156. The molecule has 0 atom stereocenters. The van der Waals surface area contributed by atoms with Crippen molar-refractivity contribution in [3.05, 3.63) is 70.2 Å². The molecule has 1 aromatic heterocycles. The molecule has 0 saturated heterocycles. The summed E-state index contributed by atoms with van der Waals surface area (Å²) in [7, 11) is 0. The van der Waals surface area contributed by atoms with Crippen LogP contribution < -0.4 is 10.1 Å². The van der Waals surface area contributed by atoms with Crippen molar-refractivity contribution >= 4 is 34.2 Å². The number of carbonyl (C=O) groups is 3. The number of hydrogen-bond acceptors (Lipinski definition) is 7. The smallest absolute Gasteiger partial charge is 0.261 e. The minimum atomic E-state index is -0.352. The summed E-state index contributed by atoms with van der Waals surface area (Å²) in [4.78, 5) is 38.4. The molecule has 34 heavy (non-hydrogen) atoms. The highest BCUT2D eigenvalue weighted by molar-refractivity contribution is 7.15. The van der Waals surface area contributed by atoms with Gasteiger partial charge in [-0.1, -0.05) is 56.4 Å². The summed E-state index contributed by atoms with van der Waals surface area (Å²) in [5, 5.41) is 11.5. The topological polar surface area (TPSA) is 101 Å². The first-order valence-electron chi connectivity index (χ1n) is 11.0. The van der Waals surface area contributed by atoms with Crippen molar-refractivity contribution in [1.82, 2.24) is 15.1 Å². The van der Waals surface area contributed by atoms with Gasteiger partial charge in [-0.3, -0.25) is 19.3 Å². The number of hydrogen-bond donors (Lipinski definition) is 1. The van der Waals surface area contributed by atoms with E-state index in [-0.39, 0.29) is 36.1 Å². The molecule has 0 aliphatic carbocycles. The van der Waals surface area contributed by atoms with Crippen LogP contribution in [0.5, 0.6) is 5.75 Å². The molecule has 0 unspecified atom stereocenters. The van der Waals surface area contributed by atoms with Crippen LogP contribution in [0.4, 0.5) is 5.13 Å². The normalized spacial score (nSPS) is 13.2. The monoisotopic (exact) mass is 478 g/mol. The number of aromatic nitrogens is 2. The first kappa shape index (κ1) is 23.6. The van der Waals surface area contributed by atoms with E-state index in [4.69, 9.17) is 4.74 Å². The lowest BCUT2D eigenvalue weighted by Gasteiger charge is -2.19. The summed E-state index contributed by atoms with van der Waals surface area (Å²) < 4.78 is 5.72. The van der Waals surface area contributed by atoms with Crippen LogP contribution in [0.1, 0.15) is 64.9 Å². The predicted octanol–water partition coefficient (Wildman–Crippen LogP) is 4.43. The summed E-state index contributed by atoms with van der Waals surface area (Å²) in [6.07, 6.45) is 0.820. The molecule has 8 nitrogen and oxygen atoms in total. The quantitative estimate of drug-likeness (QED) is 0.380. The number of rotatable bonds is 8. The minimum Gasteiger partial charge on any atom is -0.494 e. The van der Waals surface area contributed by atoms with Crippen molar-refractivity contribution in [2.24, 2.45) is 0 Å². The fourth-order valence-electron chi connectivity index (χ4n) is 3.54. The molecule has 1 N–H and O–H groups in total. The molecule has 3 aromatic rings. The second-order valence-electron chi connectivity index (χ2n) is 9.02. The van der Waals surface area contributed by atoms with Crippen LogP contribution in [0.25, 0.3) is 0 Å². The van der Waals surface area contributed by atoms with E-state index in [1.54, 1.807) is 24.3 Å². The van der Waals surface area contributed by atoms with Gasteiger partial charge < -0.3 is 10.1 Å². The lowest BCUT2D eigenvalue weighted by atomic mass is 9.87. The molecule has 2 aromatic carbocycles. The molecule has 0 fully saturated rings. The lowest BCUT2D eigenvalue weighted by Crippen LogP contribution is -2.29. The highest BCUT2D eigenvalue weighted by Gasteiger charge is 2.35. The summed E-state index contributed by atoms with van der Waals surface area (Å²) in [6.45, 7) is 6.91. The van der Waals surface area contributed by atoms with Crippen LogP contribution in [0.2, 0.25) is 0 Å². The van der Waals surface area contributed by atoms with Gasteiger partial charge in [0.15, 0.2) is 0 Å². The van der Waals surface area contributed by atoms with Crippen molar-refractivity contribution in [1.29, 1.82) is 0 Å². The maximum Gasteiger partial charge on any atom is 0.261 e. The van der Waals surface area contributed by atoms with E-state index in [0.717, 1.165) is 22.0 Å². The zero-order chi connectivity index (χ0) is 24.3. The van der Waals surface area contributed by atoms with Crippen LogP contribution in [0.15, 0.2) is 48.5 Å². The first-order chi connectivity index (χ1) is 16.2. The second kappa shape index (κ2) is 9.72. The number of fused-ring (bicyclic) bond motifs is 1. The molecule has 9 heteroatoms. The van der Waals surface area contributed by atoms with E-state index in [1.165, 1.54) is 5.56 Å². The fraction of sp³-hybridized carbons (Fsp3) is 0.320. The second-order valence-corrected chi connectivity index (χ2v) is 10.1. The van der Waals surface area contributed by atoms with Crippen LogP contribution in [0, 0.1) is 0 Å². The Balaban J connectivity index is 1.22. The maximum absolute atomic E-state index is 12.5. The van der Waals surface area contributed by atoms with Gasteiger partial charge in [0.25, 0.3) is 11.8 Å².